The van der Waals surface area contributed by atoms with E-state index in [-0.39, 0.29) is 40.6 Å². The first kappa shape index (κ1) is 57.1. The molecule has 1 spiro atoms. The molecule has 5 aliphatic carbocycles. The monoisotopic (exact) mass is 1070 g/mol. The van der Waals surface area contributed by atoms with Gasteiger partial charge in [0.25, 0.3) is 0 Å². The van der Waals surface area contributed by atoms with Crippen molar-refractivity contribution in [2.75, 3.05) is 33.0 Å². The third-order valence-electron chi connectivity index (χ3n) is 22.2. The molecule has 5 saturated carbocycles. The van der Waals surface area contributed by atoms with Crippen LogP contribution in [0.5, 0.6) is 0 Å². The van der Waals surface area contributed by atoms with Gasteiger partial charge in [0, 0.05) is 24.4 Å². The highest BCUT2D eigenvalue weighted by atomic mass is 16.8. The maximum Gasteiger partial charge on any atom is 0.187 e. The van der Waals surface area contributed by atoms with Gasteiger partial charge < -0.3 is 104 Å². The Bertz CT molecular complexity index is 2070. The second-order valence-electron chi connectivity index (χ2n) is 26.2. The summed E-state index contributed by atoms with van der Waals surface area (Å²) in [4.78, 5) is 14.7. The summed E-state index contributed by atoms with van der Waals surface area (Å²) < 4.78 is 56.2. The van der Waals surface area contributed by atoms with Gasteiger partial charge in [0.05, 0.1) is 49.7 Å². The molecule has 75 heavy (non-hydrogen) atoms. The lowest BCUT2D eigenvalue weighted by atomic mass is 9.30. The van der Waals surface area contributed by atoms with Crippen LogP contribution in [0.2, 0.25) is 0 Å². The van der Waals surface area contributed by atoms with Crippen LogP contribution in [0.3, 0.4) is 0 Å². The fourth-order valence-electron chi connectivity index (χ4n) is 17.4. The molecule has 5 saturated heterocycles. The van der Waals surface area contributed by atoms with E-state index in [2.05, 4.69) is 41.5 Å². The predicted octanol–water partition coefficient (Wildman–Crippen LogP) is -1.50. The first-order valence-corrected chi connectivity index (χ1v) is 27.5. The minimum Gasteiger partial charge on any atom is -0.396 e. The number of hydrogen-bond acceptors (Lipinski definition) is 22. The van der Waals surface area contributed by atoms with Crippen LogP contribution in [0.4, 0.5) is 0 Å². The van der Waals surface area contributed by atoms with E-state index in [1.54, 1.807) is 0 Å². The Balaban J connectivity index is 0.902. The predicted molar refractivity (Wildman–Crippen MR) is 255 cm³/mol. The third-order valence-corrected chi connectivity index (χ3v) is 22.2. The normalized spacial score (nSPS) is 57.6. The summed E-state index contributed by atoms with van der Waals surface area (Å²) >= 11 is 0. The molecule has 0 aromatic carbocycles. The molecular weight excluding hydrogens is 989 g/mol. The van der Waals surface area contributed by atoms with Gasteiger partial charge in [0.1, 0.15) is 91.2 Å². The van der Waals surface area contributed by atoms with Crippen molar-refractivity contribution in [1.82, 2.24) is 0 Å². The highest BCUT2D eigenvalue weighted by molar-refractivity contribution is 5.88. The quantitative estimate of drug-likeness (QED) is 0.105. The SMILES string of the molecule is C[C@@H]1O[C@@H](O[C@H]2[C@H](O[C@@H]3CO[C@H](O[C@H]4CC[C@]5(C)[C@H]6CC[C@]78OC[C@@]9(CC[C@](C)(CO)C[C@H]97)C(=O)C[C@@]8(C)[C@]6(C)CC[C@H]5C4(C)C)[C@@H](O[C@@H]4O[C@H](CO)[C@@H](O)[C@H](O)[C@H]4O)[C@@H]3O)O[C@H](CO)[C@@H](O)[C@@H]2O)[C@H](O)[C@H](O)[C@H]1O. The number of carbonyl (C=O) groups excluding carboxylic acids is 1. The number of ketones is 1. The molecule has 5 heterocycles. The van der Waals surface area contributed by atoms with Crippen LogP contribution in [0.15, 0.2) is 0 Å². The van der Waals surface area contributed by atoms with Crippen LogP contribution in [0.1, 0.15) is 113 Å². The minimum absolute atomic E-state index is 0.0434. The number of aliphatic hydroxyl groups excluding tert-OH is 12. The Hall–Kier alpha value is -1.17. The zero-order valence-electron chi connectivity index (χ0n) is 44.3. The van der Waals surface area contributed by atoms with Gasteiger partial charge in [-0.1, -0.05) is 41.5 Å². The Morgan fingerprint density at radius 3 is 1.83 bits per heavy atom. The van der Waals surface area contributed by atoms with Gasteiger partial charge in [-0.2, -0.15) is 0 Å². The summed E-state index contributed by atoms with van der Waals surface area (Å²) in [6.45, 7) is 13.6. The number of Topliss-reactive ketones (excluding diaryl/α,β-unsaturated/α-hetero) is 1. The van der Waals surface area contributed by atoms with Crippen molar-refractivity contribution in [2.24, 2.45) is 50.2 Å². The van der Waals surface area contributed by atoms with Gasteiger partial charge in [-0.15, -0.1) is 0 Å². The zero-order chi connectivity index (χ0) is 54.3. The highest BCUT2D eigenvalue weighted by Gasteiger charge is 2.80. The number of ether oxygens (including phenoxy) is 9. The van der Waals surface area contributed by atoms with Crippen LogP contribution in [-0.2, 0) is 47.4 Å². The number of aliphatic hydroxyl groups is 12. The van der Waals surface area contributed by atoms with E-state index in [1.807, 2.05) is 0 Å². The van der Waals surface area contributed by atoms with Crippen LogP contribution in [0.25, 0.3) is 0 Å². The molecule has 10 fully saturated rings. The Kier molecular flexibility index (Phi) is 15.3. The highest BCUT2D eigenvalue weighted by Crippen LogP contribution is 2.80. The topological polar surface area (TPSA) is 343 Å². The molecule has 29 atom stereocenters. The van der Waals surface area contributed by atoms with Crippen LogP contribution in [-0.4, -0.2) is 229 Å². The van der Waals surface area contributed by atoms with Gasteiger partial charge in [-0.25, -0.2) is 0 Å². The fourth-order valence-corrected chi connectivity index (χ4v) is 17.4. The van der Waals surface area contributed by atoms with E-state index >= 15 is 0 Å². The molecule has 0 amide bonds. The second kappa shape index (κ2) is 20.1. The van der Waals surface area contributed by atoms with Gasteiger partial charge in [-0.3, -0.25) is 4.79 Å². The Morgan fingerprint density at radius 2 is 1.17 bits per heavy atom. The van der Waals surface area contributed by atoms with E-state index in [4.69, 9.17) is 42.6 Å². The number of carbonyl (C=O) groups is 1. The number of fused-ring (bicyclic) bond motifs is 4. The fraction of sp³-hybridized carbons (Fsp3) is 0.981. The van der Waals surface area contributed by atoms with Crippen molar-refractivity contribution < 1.29 is 109 Å². The van der Waals surface area contributed by atoms with Crippen molar-refractivity contribution in [2.45, 2.75) is 241 Å². The summed E-state index contributed by atoms with van der Waals surface area (Å²) in [5.41, 5.74) is -2.66. The average molecular weight is 1080 g/mol. The standard InChI is InChI=1S/C53H86O22/c1-23-32(58)36(62)39(65)43(69-23)75-42-38(64)34(60)25(19-55)71-46(42)72-26-20-67-45(41(35(26)61)74-44-40(66)37(63)33(59)24(18-54)70-44)73-31-10-11-49(5)27(47(31,2)3)8-12-50(6)28(49)9-13-53-29-16-48(4,21-56)14-15-52(29,22-68-53)30(57)17-51(50,53)7/h23-29,31-46,54-56,58-66H,8-22H2,1-7H3/t23-,24+,25+,26+,27-,28+,29+,31-,32-,33+,34+,35+,36+,37-,38-,39+,40+,41-,42+,43-,44-,45+,46-,48-,49-,50+,51-,52+,53-/m0/s1. The van der Waals surface area contributed by atoms with E-state index in [9.17, 15) is 66.1 Å². The summed E-state index contributed by atoms with van der Waals surface area (Å²) in [6.07, 6.45) is -24.1. The van der Waals surface area contributed by atoms with Crippen molar-refractivity contribution in [3.8, 4) is 0 Å². The molecule has 22 heteroatoms. The maximum absolute atomic E-state index is 14.7. The molecule has 10 aliphatic rings. The Labute approximate surface area is 437 Å². The van der Waals surface area contributed by atoms with E-state index in [1.165, 1.54) is 6.92 Å². The molecule has 430 valence electrons. The average Bonchev–Trinajstić information content (AvgIpc) is 3.66. The summed E-state index contributed by atoms with van der Waals surface area (Å²) in [5.74, 6) is 0.706. The van der Waals surface area contributed by atoms with Crippen LogP contribution >= 0.6 is 0 Å². The van der Waals surface area contributed by atoms with Crippen LogP contribution < -0.4 is 0 Å². The van der Waals surface area contributed by atoms with Gasteiger partial charge >= 0.3 is 0 Å². The van der Waals surface area contributed by atoms with Gasteiger partial charge in [-0.05, 0) is 98.2 Å². The summed E-state index contributed by atoms with van der Waals surface area (Å²) in [6, 6.07) is 0. The van der Waals surface area contributed by atoms with Gasteiger partial charge in [0.2, 0.25) is 0 Å². The first-order valence-electron chi connectivity index (χ1n) is 27.5. The molecule has 0 radical (unpaired) electrons. The molecule has 22 nitrogen and oxygen atoms in total. The molecule has 5 aliphatic heterocycles. The molecule has 0 unspecified atom stereocenters. The third kappa shape index (κ3) is 8.54. The van der Waals surface area contributed by atoms with Crippen molar-refractivity contribution in [3.63, 3.8) is 0 Å². The first-order chi connectivity index (χ1) is 35.2. The van der Waals surface area contributed by atoms with Crippen LogP contribution in [0, 0.1) is 50.2 Å². The molecule has 0 aromatic rings. The molecule has 12 N–H and O–H groups in total. The van der Waals surface area contributed by atoms with Crippen molar-refractivity contribution in [3.05, 3.63) is 0 Å². The van der Waals surface area contributed by atoms with Gasteiger partial charge in [0.15, 0.2) is 25.2 Å². The Morgan fingerprint density at radius 1 is 0.573 bits per heavy atom. The lowest BCUT2D eigenvalue weighted by Crippen LogP contribution is -2.73. The lowest BCUT2D eigenvalue weighted by Gasteiger charge is -2.74. The molecule has 0 aromatic heterocycles. The second-order valence-corrected chi connectivity index (χ2v) is 26.2. The molecule has 2 bridgehead atoms. The molecule has 10 rings (SSSR count). The van der Waals surface area contributed by atoms with Crippen molar-refractivity contribution in [1.29, 1.82) is 0 Å². The summed E-state index contributed by atoms with van der Waals surface area (Å²) in [5, 5.41) is 130. The molecular formula is C53H86O22. The van der Waals surface area contributed by atoms with E-state index < -0.39 is 164 Å². The summed E-state index contributed by atoms with van der Waals surface area (Å²) in [7, 11) is 0. The zero-order valence-corrected chi connectivity index (χ0v) is 44.3. The number of rotatable bonds is 11. The minimum atomic E-state index is -1.89. The largest absolute Gasteiger partial charge is 0.396 e. The smallest absolute Gasteiger partial charge is 0.187 e. The number of hydrogen-bond donors (Lipinski definition) is 12. The van der Waals surface area contributed by atoms with E-state index in [0.29, 0.717) is 25.2 Å². The van der Waals surface area contributed by atoms with E-state index in [0.717, 1.165) is 51.4 Å². The maximum atomic E-state index is 14.7. The van der Waals surface area contributed by atoms with Crippen molar-refractivity contribution >= 4 is 5.78 Å². The lowest BCUT2D eigenvalue weighted by molar-refractivity contribution is -0.394.